The predicted molar refractivity (Wildman–Crippen MR) is 158 cm³/mol. The van der Waals surface area contributed by atoms with Crippen molar-refractivity contribution in [2.75, 3.05) is 13.1 Å². The number of carbonyl (C=O) groups excluding carboxylic acids is 3. The van der Waals surface area contributed by atoms with Crippen LogP contribution < -0.4 is 21.1 Å². The molecule has 215 valence electrons. The van der Waals surface area contributed by atoms with Crippen LogP contribution in [-0.4, -0.2) is 47.8 Å². The Morgan fingerprint density at radius 3 is 2.27 bits per heavy atom. The van der Waals surface area contributed by atoms with Crippen LogP contribution in [0.2, 0.25) is 0 Å². The molecule has 0 aliphatic carbocycles. The lowest BCUT2D eigenvalue weighted by Gasteiger charge is -2.22. The minimum Gasteiger partial charge on any atom is -0.489 e. The van der Waals surface area contributed by atoms with Crippen molar-refractivity contribution in [1.29, 1.82) is 0 Å². The fraction of sp³-hybridized carbons (Fsp3) is 0.333. The quantitative estimate of drug-likeness (QED) is 0.282. The number of nitrogens with one attached hydrogen (secondary N) is 2. The first-order valence-electron chi connectivity index (χ1n) is 14.1. The van der Waals surface area contributed by atoms with Gasteiger partial charge in [-0.3, -0.25) is 19.3 Å². The van der Waals surface area contributed by atoms with Crippen molar-refractivity contribution in [2.24, 2.45) is 11.7 Å². The SMILES string of the molecule is C[C@@H](C[CH]C(=O)N[C@@H](Cc1ccc(OCc2ccccc2)cc1)C(=O)N[C@H]1CCN(Cc2ccccc2)C1)C(N)=O. The monoisotopic (exact) mass is 555 g/mol. The Labute approximate surface area is 242 Å². The molecule has 4 N–H and O–H groups in total. The highest BCUT2D eigenvalue weighted by Crippen LogP contribution is 2.17. The van der Waals surface area contributed by atoms with Crippen LogP contribution in [0.4, 0.5) is 0 Å². The van der Waals surface area contributed by atoms with Gasteiger partial charge < -0.3 is 21.1 Å². The summed E-state index contributed by atoms with van der Waals surface area (Å²) >= 11 is 0. The lowest BCUT2D eigenvalue weighted by atomic mass is 10.0. The van der Waals surface area contributed by atoms with Crippen molar-refractivity contribution in [1.82, 2.24) is 15.5 Å². The predicted octanol–water partition coefficient (Wildman–Crippen LogP) is 3.40. The van der Waals surface area contributed by atoms with Gasteiger partial charge in [-0.15, -0.1) is 0 Å². The van der Waals surface area contributed by atoms with Crippen LogP contribution in [0.5, 0.6) is 5.75 Å². The van der Waals surface area contributed by atoms with E-state index in [1.54, 1.807) is 6.92 Å². The second-order valence-corrected chi connectivity index (χ2v) is 10.6. The Kier molecular flexibility index (Phi) is 10.9. The van der Waals surface area contributed by atoms with Crippen LogP contribution in [0.25, 0.3) is 0 Å². The highest BCUT2D eigenvalue weighted by atomic mass is 16.5. The van der Waals surface area contributed by atoms with Gasteiger partial charge in [-0.1, -0.05) is 79.7 Å². The molecule has 1 saturated heterocycles. The number of primary amides is 1. The molecule has 0 aromatic heterocycles. The number of ether oxygens (including phenoxy) is 1. The number of nitrogens with two attached hydrogens (primary N) is 1. The molecule has 1 fully saturated rings. The average Bonchev–Trinajstić information content (AvgIpc) is 3.42. The largest absolute Gasteiger partial charge is 0.489 e. The molecule has 3 atom stereocenters. The Bertz CT molecular complexity index is 1270. The number of benzene rings is 3. The topological polar surface area (TPSA) is 114 Å². The second kappa shape index (κ2) is 15.0. The molecule has 3 aromatic carbocycles. The summed E-state index contributed by atoms with van der Waals surface area (Å²) < 4.78 is 5.88. The summed E-state index contributed by atoms with van der Waals surface area (Å²) in [4.78, 5) is 39.8. The zero-order chi connectivity index (χ0) is 29.0. The van der Waals surface area contributed by atoms with Crippen LogP contribution >= 0.6 is 0 Å². The van der Waals surface area contributed by atoms with Gasteiger partial charge in [-0.2, -0.15) is 0 Å². The summed E-state index contributed by atoms with van der Waals surface area (Å²) in [5.74, 6) is -0.852. The summed E-state index contributed by atoms with van der Waals surface area (Å²) in [6.07, 6.45) is 2.75. The first-order chi connectivity index (χ1) is 19.9. The van der Waals surface area contributed by atoms with E-state index in [2.05, 4.69) is 27.7 Å². The number of carbonyl (C=O) groups is 3. The molecule has 0 saturated carbocycles. The highest BCUT2D eigenvalue weighted by molar-refractivity contribution is 5.92. The van der Waals surface area contributed by atoms with Gasteiger partial charge in [0.05, 0.1) is 6.42 Å². The molecule has 4 rings (SSSR count). The maximum atomic E-state index is 13.4. The Balaban J connectivity index is 1.35. The summed E-state index contributed by atoms with van der Waals surface area (Å²) in [5.41, 5.74) is 8.53. The van der Waals surface area contributed by atoms with E-state index in [9.17, 15) is 14.4 Å². The molecule has 0 spiro atoms. The second-order valence-electron chi connectivity index (χ2n) is 10.6. The van der Waals surface area contributed by atoms with E-state index in [-0.39, 0.29) is 18.4 Å². The third kappa shape index (κ3) is 9.76. The normalized spacial score (nSPS) is 16.5. The molecule has 1 aliphatic rings. The van der Waals surface area contributed by atoms with Crippen molar-refractivity contribution in [3.63, 3.8) is 0 Å². The molecular formula is C33H39N4O4. The molecule has 1 heterocycles. The fourth-order valence-corrected chi connectivity index (χ4v) is 4.78. The molecule has 8 heteroatoms. The highest BCUT2D eigenvalue weighted by Gasteiger charge is 2.28. The molecule has 0 unspecified atom stereocenters. The van der Waals surface area contributed by atoms with Gasteiger partial charge in [0.25, 0.3) is 0 Å². The first kappa shape index (κ1) is 29.8. The number of hydrogen-bond acceptors (Lipinski definition) is 5. The van der Waals surface area contributed by atoms with Crippen molar-refractivity contribution in [3.8, 4) is 5.75 Å². The minimum absolute atomic E-state index is 0.00163. The molecule has 8 nitrogen and oxygen atoms in total. The number of hydrogen-bond donors (Lipinski definition) is 3. The fourth-order valence-electron chi connectivity index (χ4n) is 4.78. The lowest BCUT2D eigenvalue weighted by molar-refractivity contribution is -0.128. The number of amides is 3. The molecule has 41 heavy (non-hydrogen) atoms. The maximum Gasteiger partial charge on any atom is 0.243 e. The van der Waals surface area contributed by atoms with Crippen LogP contribution in [-0.2, 0) is 34.0 Å². The summed E-state index contributed by atoms with van der Waals surface area (Å²) in [5, 5.41) is 5.99. The molecule has 0 bridgehead atoms. The van der Waals surface area contributed by atoms with E-state index in [1.807, 2.05) is 72.8 Å². The van der Waals surface area contributed by atoms with Gasteiger partial charge in [-0.05, 0) is 41.7 Å². The molecule has 3 aromatic rings. The van der Waals surface area contributed by atoms with Crippen molar-refractivity contribution in [2.45, 2.75) is 51.4 Å². The number of rotatable bonds is 14. The first-order valence-corrected chi connectivity index (χ1v) is 14.1. The lowest BCUT2D eigenvalue weighted by Crippen LogP contribution is -2.51. The zero-order valence-corrected chi connectivity index (χ0v) is 23.5. The Morgan fingerprint density at radius 1 is 0.951 bits per heavy atom. The van der Waals surface area contributed by atoms with E-state index < -0.39 is 23.8 Å². The minimum atomic E-state index is -0.776. The van der Waals surface area contributed by atoms with E-state index in [1.165, 1.54) is 12.0 Å². The average molecular weight is 556 g/mol. The van der Waals surface area contributed by atoms with Crippen molar-refractivity contribution in [3.05, 3.63) is 108 Å². The van der Waals surface area contributed by atoms with E-state index in [4.69, 9.17) is 10.5 Å². The summed E-state index contributed by atoms with van der Waals surface area (Å²) in [6.45, 7) is 4.60. The maximum absolute atomic E-state index is 13.4. The van der Waals surface area contributed by atoms with Gasteiger partial charge >= 0.3 is 0 Å². The van der Waals surface area contributed by atoms with Gasteiger partial charge in [0.15, 0.2) is 0 Å². The third-order valence-electron chi connectivity index (χ3n) is 7.25. The summed E-state index contributed by atoms with van der Waals surface area (Å²) in [7, 11) is 0. The number of likely N-dealkylation sites (tertiary alicyclic amines) is 1. The molecule has 1 radical (unpaired) electrons. The van der Waals surface area contributed by atoms with Gasteiger partial charge in [0.1, 0.15) is 18.4 Å². The zero-order valence-electron chi connectivity index (χ0n) is 23.5. The Hall–Kier alpha value is -4.17. The van der Waals surface area contributed by atoms with Crippen LogP contribution in [0.1, 0.15) is 36.5 Å². The van der Waals surface area contributed by atoms with E-state index in [0.717, 1.165) is 42.9 Å². The van der Waals surface area contributed by atoms with Crippen LogP contribution in [0.3, 0.4) is 0 Å². The van der Waals surface area contributed by atoms with E-state index in [0.29, 0.717) is 13.0 Å². The van der Waals surface area contributed by atoms with Gasteiger partial charge in [0, 0.05) is 38.0 Å². The Morgan fingerprint density at radius 2 is 1.61 bits per heavy atom. The molecule has 3 amide bonds. The summed E-state index contributed by atoms with van der Waals surface area (Å²) in [6, 6.07) is 27.0. The molecular weight excluding hydrogens is 516 g/mol. The van der Waals surface area contributed by atoms with Gasteiger partial charge in [-0.25, -0.2) is 0 Å². The standard InChI is InChI=1S/C33H39N4O4/c1-24(32(34)39)12-17-31(38)36-30(20-25-13-15-29(16-14-25)41-23-27-10-6-3-7-11-27)33(40)35-28-18-19-37(22-28)21-26-8-4-2-5-9-26/h2-11,13-17,24,28,30H,12,18-23H2,1H3,(H2,34,39)(H,35,40)(H,36,38)/t24-,28-,30-/m0/s1. The van der Waals surface area contributed by atoms with Crippen LogP contribution in [0, 0.1) is 12.3 Å². The van der Waals surface area contributed by atoms with Crippen molar-refractivity contribution < 1.29 is 19.1 Å². The van der Waals surface area contributed by atoms with Crippen molar-refractivity contribution >= 4 is 17.7 Å². The third-order valence-corrected chi connectivity index (χ3v) is 7.25. The molecule has 1 aliphatic heterocycles. The van der Waals surface area contributed by atoms with Crippen LogP contribution in [0.15, 0.2) is 84.9 Å². The smallest absolute Gasteiger partial charge is 0.243 e. The van der Waals surface area contributed by atoms with E-state index >= 15 is 0 Å². The number of nitrogens with zero attached hydrogens (tertiary/aromatic N) is 1. The van der Waals surface area contributed by atoms with Gasteiger partial charge in [0.2, 0.25) is 17.7 Å².